The Morgan fingerprint density at radius 3 is 2.84 bits per heavy atom. The molecule has 19 heavy (non-hydrogen) atoms. The predicted octanol–water partition coefficient (Wildman–Crippen LogP) is 3.29. The standard InChI is InChI=1S/C16H16N2O/c1-11(19)12-4-3-5-13(10-12)14-6-8-17-16-15(14)7-9-18(16)2/h3-11,19H,1-2H3. The summed E-state index contributed by atoms with van der Waals surface area (Å²) in [6.07, 6.45) is 3.39. The third kappa shape index (κ3) is 2.02. The fraction of sp³-hybridized carbons (Fsp3) is 0.188. The van der Waals surface area contributed by atoms with E-state index in [9.17, 15) is 5.11 Å². The van der Waals surface area contributed by atoms with Crippen LogP contribution in [0.1, 0.15) is 18.6 Å². The highest BCUT2D eigenvalue weighted by Gasteiger charge is 2.08. The third-order valence-corrected chi connectivity index (χ3v) is 3.45. The SMILES string of the molecule is CC(O)c1cccc(-c2ccnc3c2ccn3C)c1. The molecule has 0 aliphatic carbocycles. The van der Waals surface area contributed by atoms with Crippen molar-refractivity contribution in [1.82, 2.24) is 9.55 Å². The number of fused-ring (bicyclic) bond motifs is 1. The van der Waals surface area contributed by atoms with Gasteiger partial charge >= 0.3 is 0 Å². The van der Waals surface area contributed by atoms with Crippen LogP contribution in [0.15, 0.2) is 48.8 Å². The van der Waals surface area contributed by atoms with E-state index in [0.717, 1.165) is 27.7 Å². The monoisotopic (exact) mass is 252 g/mol. The first kappa shape index (κ1) is 11.9. The van der Waals surface area contributed by atoms with E-state index in [1.165, 1.54) is 0 Å². The minimum atomic E-state index is -0.451. The molecule has 1 atom stereocenters. The lowest BCUT2D eigenvalue weighted by Gasteiger charge is -2.08. The molecular weight excluding hydrogens is 236 g/mol. The molecule has 0 spiro atoms. The minimum Gasteiger partial charge on any atom is -0.389 e. The summed E-state index contributed by atoms with van der Waals surface area (Å²) >= 11 is 0. The zero-order valence-corrected chi connectivity index (χ0v) is 11.0. The van der Waals surface area contributed by atoms with Crippen LogP contribution in [-0.2, 0) is 7.05 Å². The van der Waals surface area contributed by atoms with E-state index >= 15 is 0 Å². The number of aryl methyl sites for hydroxylation is 1. The summed E-state index contributed by atoms with van der Waals surface area (Å²) < 4.78 is 2.01. The van der Waals surface area contributed by atoms with Gasteiger partial charge in [-0.25, -0.2) is 4.98 Å². The largest absolute Gasteiger partial charge is 0.389 e. The van der Waals surface area contributed by atoms with E-state index in [2.05, 4.69) is 17.1 Å². The van der Waals surface area contributed by atoms with Crippen LogP contribution in [0.3, 0.4) is 0 Å². The number of pyridine rings is 1. The number of aliphatic hydroxyl groups is 1. The topological polar surface area (TPSA) is 38.1 Å². The lowest BCUT2D eigenvalue weighted by Crippen LogP contribution is -1.92. The molecular formula is C16H16N2O. The predicted molar refractivity (Wildman–Crippen MR) is 76.8 cm³/mol. The fourth-order valence-electron chi connectivity index (χ4n) is 2.38. The van der Waals surface area contributed by atoms with Gasteiger partial charge in [-0.1, -0.05) is 18.2 Å². The molecule has 0 saturated carbocycles. The molecule has 0 saturated heterocycles. The van der Waals surface area contributed by atoms with Crippen molar-refractivity contribution in [2.45, 2.75) is 13.0 Å². The zero-order chi connectivity index (χ0) is 13.4. The average molecular weight is 252 g/mol. The Kier molecular flexibility index (Phi) is 2.84. The maximum absolute atomic E-state index is 9.70. The van der Waals surface area contributed by atoms with Gasteiger partial charge in [0.2, 0.25) is 0 Å². The van der Waals surface area contributed by atoms with E-state index < -0.39 is 6.10 Å². The Morgan fingerprint density at radius 1 is 1.21 bits per heavy atom. The van der Waals surface area contributed by atoms with E-state index in [1.807, 2.05) is 48.3 Å². The number of rotatable bonds is 2. The highest BCUT2D eigenvalue weighted by Crippen LogP contribution is 2.29. The Bertz CT molecular complexity index is 728. The molecule has 3 heteroatoms. The van der Waals surface area contributed by atoms with Crippen LogP contribution in [0.2, 0.25) is 0 Å². The molecule has 1 unspecified atom stereocenters. The molecule has 1 N–H and O–H groups in total. The van der Waals surface area contributed by atoms with Crippen molar-refractivity contribution in [3.05, 3.63) is 54.4 Å². The number of hydrogen-bond donors (Lipinski definition) is 1. The number of benzene rings is 1. The summed E-state index contributed by atoms with van der Waals surface area (Å²) in [6.45, 7) is 1.78. The van der Waals surface area contributed by atoms with E-state index in [0.29, 0.717) is 0 Å². The summed E-state index contributed by atoms with van der Waals surface area (Å²) in [5.74, 6) is 0. The van der Waals surface area contributed by atoms with Gasteiger partial charge in [-0.15, -0.1) is 0 Å². The molecule has 0 aliphatic heterocycles. The normalized spacial score (nSPS) is 12.8. The number of aromatic nitrogens is 2. The van der Waals surface area contributed by atoms with E-state index in [-0.39, 0.29) is 0 Å². The molecule has 3 nitrogen and oxygen atoms in total. The van der Waals surface area contributed by atoms with Crippen molar-refractivity contribution in [2.75, 3.05) is 0 Å². The highest BCUT2D eigenvalue weighted by molar-refractivity contribution is 5.93. The Hall–Kier alpha value is -2.13. The van der Waals surface area contributed by atoms with Gasteiger partial charge in [-0.05, 0) is 41.8 Å². The van der Waals surface area contributed by atoms with E-state index in [4.69, 9.17) is 0 Å². The van der Waals surface area contributed by atoms with Crippen molar-refractivity contribution in [1.29, 1.82) is 0 Å². The molecule has 2 aromatic heterocycles. The fourth-order valence-corrected chi connectivity index (χ4v) is 2.38. The van der Waals surface area contributed by atoms with Crippen molar-refractivity contribution < 1.29 is 5.11 Å². The summed E-state index contributed by atoms with van der Waals surface area (Å²) in [4.78, 5) is 4.40. The molecule has 0 bridgehead atoms. The van der Waals surface area contributed by atoms with Crippen LogP contribution in [0.5, 0.6) is 0 Å². The Labute approximate surface area is 112 Å². The van der Waals surface area contributed by atoms with Gasteiger partial charge in [0.05, 0.1) is 6.10 Å². The van der Waals surface area contributed by atoms with Gasteiger partial charge in [-0.2, -0.15) is 0 Å². The highest BCUT2D eigenvalue weighted by atomic mass is 16.3. The molecule has 96 valence electrons. The maximum Gasteiger partial charge on any atom is 0.140 e. The van der Waals surface area contributed by atoms with Crippen LogP contribution in [0, 0.1) is 0 Å². The van der Waals surface area contributed by atoms with Gasteiger partial charge in [0, 0.05) is 24.8 Å². The smallest absolute Gasteiger partial charge is 0.140 e. The molecule has 0 aliphatic rings. The second-order valence-corrected chi connectivity index (χ2v) is 4.82. The van der Waals surface area contributed by atoms with Crippen LogP contribution in [-0.4, -0.2) is 14.7 Å². The van der Waals surface area contributed by atoms with Crippen LogP contribution in [0.25, 0.3) is 22.2 Å². The van der Waals surface area contributed by atoms with Crippen molar-refractivity contribution >= 4 is 11.0 Å². The molecule has 0 fully saturated rings. The summed E-state index contributed by atoms with van der Waals surface area (Å²) in [6, 6.07) is 12.1. The summed E-state index contributed by atoms with van der Waals surface area (Å²) in [5.41, 5.74) is 4.16. The van der Waals surface area contributed by atoms with E-state index in [1.54, 1.807) is 6.92 Å². The molecule has 2 heterocycles. The Morgan fingerprint density at radius 2 is 2.05 bits per heavy atom. The first-order valence-electron chi connectivity index (χ1n) is 6.35. The molecule has 0 radical (unpaired) electrons. The maximum atomic E-state index is 9.70. The number of hydrogen-bond acceptors (Lipinski definition) is 2. The summed E-state index contributed by atoms with van der Waals surface area (Å²) in [7, 11) is 1.99. The average Bonchev–Trinajstić information content (AvgIpc) is 2.81. The zero-order valence-electron chi connectivity index (χ0n) is 11.0. The second-order valence-electron chi connectivity index (χ2n) is 4.82. The third-order valence-electron chi connectivity index (χ3n) is 3.45. The van der Waals surface area contributed by atoms with Crippen molar-refractivity contribution in [3.8, 4) is 11.1 Å². The second kappa shape index (κ2) is 4.52. The molecule has 1 aromatic carbocycles. The van der Waals surface area contributed by atoms with Crippen molar-refractivity contribution in [2.24, 2.45) is 7.05 Å². The van der Waals surface area contributed by atoms with Gasteiger partial charge < -0.3 is 9.67 Å². The van der Waals surface area contributed by atoms with Gasteiger partial charge in [0.25, 0.3) is 0 Å². The van der Waals surface area contributed by atoms with Gasteiger partial charge in [-0.3, -0.25) is 0 Å². The molecule has 0 amide bonds. The van der Waals surface area contributed by atoms with Crippen LogP contribution >= 0.6 is 0 Å². The van der Waals surface area contributed by atoms with Crippen LogP contribution < -0.4 is 0 Å². The quantitative estimate of drug-likeness (QED) is 0.760. The molecule has 3 rings (SSSR count). The van der Waals surface area contributed by atoms with Gasteiger partial charge in [0.1, 0.15) is 5.65 Å². The van der Waals surface area contributed by atoms with Crippen molar-refractivity contribution in [3.63, 3.8) is 0 Å². The van der Waals surface area contributed by atoms with Crippen LogP contribution in [0.4, 0.5) is 0 Å². The lowest BCUT2D eigenvalue weighted by atomic mass is 10.00. The summed E-state index contributed by atoms with van der Waals surface area (Å²) in [5, 5.41) is 10.8. The number of nitrogens with zero attached hydrogens (tertiary/aromatic N) is 2. The van der Waals surface area contributed by atoms with Gasteiger partial charge in [0.15, 0.2) is 0 Å². The minimum absolute atomic E-state index is 0.451. The molecule has 3 aromatic rings. The lowest BCUT2D eigenvalue weighted by molar-refractivity contribution is 0.199. The Balaban J connectivity index is 2.21. The first-order chi connectivity index (χ1) is 9.16. The number of aliphatic hydroxyl groups excluding tert-OH is 1. The first-order valence-corrected chi connectivity index (χ1v) is 6.35.